The van der Waals surface area contributed by atoms with Crippen molar-refractivity contribution in [3.8, 4) is 0 Å². The fraction of sp³-hybridized carbons (Fsp3) is 0.600. The van der Waals surface area contributed by atoms with Crippen molar-refractivity contribution in [2.24, 2.45) is 5.92 Å². The molecule has 1 fully saturated rings. The summed E-state index contributed by atoms with van der Waals surface area (Å²) in [5, 5.41) is 3.56. The lowest BCUT2D eigenvalue weighted by atomic mass is 10.0. The molecule has 1 heterocycles. The second kappa shape index (κ2) is 7.39. The first kappa shape index (κ1) is 13.4. The average Bonchev–Trinajstić information content (AvgIpc) is 2.45. The van der Waals surface area contributed by atoms with E-state index in [1.54, 1.807) is 7.11 Å². The van der Waals surface area contributed by atoms with Crippen molar-refractivity contribution in [2.45, 2.75) is 19.3 Å². The fourth-order valence-corrected chi connectivity index (χ4v) is 2.35. The Balaban J connectivity index is 1.87. The fourth-order valence-electron chi connectivity index (χ4n) is 2.35. The zero-order valence-electron chi connectivity index (χ0n) is 11.2. The van der Waals surface area contributed by atoms with E-state index in [0.29, 0.717) is 5.92 Å². The minimum Gasteiger partial charge on any atom is -0.384 e. The maximum atomic E-state index is 5.51. The van der Waals surface area contributed by atoms with Crippen LogP contribution in [-0.2, 0) is 15.9 Å². The number of methoxy groups -OCH3 is 1. The Morgan fingerprint density at radius 3 is 3.06 bits per heavy atom. The molecule has 18 heavy (non-hydrogen) atoms. The summed E-state index contributed by atoms with van der Waals surface area (Å²) in [7, 11) is 1.75. The predicted molar refractivity (Wildman–Crippen MR) is 74.1 cm³/mol. The minimum absolute atomic E-state index is 0.647. The molecule has 0 aromatic heterocycles. The van der Waals surface area contributed by atoms with Gasteiger partial charge in [-0.15, -0.1) is 0 Å². The monoisotopic (exact) mass is 249 g/mol. The summed E-state index contributed by atoms with van der Waals surface area (Å²) in [5.74, 6) is 0.647. The van der Waals surface area contributed by atoms with Gasteiger partial charge >= 0.3 is 0 Å². The van der Waals surface area contributed by atoms with E-state index in [9.17, 15) is 0 Å². The highest BCUT2D eigenvalue weighted by Crippen LogP contribution is 2.19. The number of para-hydroxylation sites is 1. The van der Waals surface area contributed by atoms with E-state index in [4.69, 9.17) is 9.47 Å². The van der Waals surface area contributed by atoms with Gasteiger partial charge in [0, 0.05) is 25.9 Å². The molecule has 1 aliphatic rings. The van der Waals surface area contributed by atoms with Crippen molar-refractivity contribution in [1.82, 2.24) is 0 Å². The van der Waals surface area contributed by atoms with E-state index in [1.807, 2.05) is 0 Å². The van der Waals surface area contributed by atoms with Crippen LogP contribution in [0.2, 0.25) is 0 Å². The molecule has 0 amide bonds. The SMILES string of the molecule is COCCc1ccccc1NCC1CCCOC1. The van der Waals surface area contributed by atoms with Crippen LogP contribution in [0.1, 0.15) is 18.4 Å². The van der Waals surface area contributed by atoms with Crippen molar-refractivity contribution in [1.29, 1.82) is 0 Å². The summed E-state index contributed by atoms with van der Waals surface area (Å²) in [5.41, 5.74) is 2.57. The van der Waals surface area contributed by atoms with Crippen LogP contribution in [0.4, 0.5) is 5.69 Å². The van der Waals surface area contributed by atoms with Crippen LogP contribution in [0, 0.1) is 5.92 Å². The van der Waals surface area contributed by atoms with Crippen molar-refractivity contribution in [3.05, 3.63) is 29.8 Å². The molecular weight excluding hydrogens is 226 g/mol. The van der Waals surface area contributed by atoms with Gasteiger partial charge in [0.05, 0.1) is 13.2 Å². The number of benzene rings is 1. The summed E-state index contributed by atoms with van der Waals surface area (Å²) in [4.78, 5) is 0. The molecule has 1 atom stereocenters. The molecule has 0 aliphatic carbocycles. The molecule has 1 saturated heterocycles. The normalized spacial score (nSPS) is 19.7. The topological polar surface area (TPSA) is 30.5 Å². The Hall–Kier alpha value is -1.06. The minimum atomic E-state index is 0.647. The highest BCUT2D eigenvalue weighted by Gasteiger charge is 2.13. The van der Waals surface area contributed by atoms with Crippen LogP contribution >= 0.6 is 0 Å². The molecule has 0 saturated carbocycles. The Bertz CT molecular complexity index is 348. The molecule has 1 aromatic carbocycles. The van der Waals surface area contributed by atoms with Crippen LogP contribution < -0.4 is 5.32 Å². The van der Waals surface area contributed by atoms with E-state index in [-0.39, 0.29) is 0 Å². The molecule has 100 valence electrons. The first-order valence-electron chi connectivity index (χ1n) is 6.78. The van der Waals surface area contributed by atoms with Gasteiger partial charge in [0.2, 0.25) is 0 Å². The average molecular weight is 249 g/mol. The molecule has 1 N–H and O–H groups in total. The summed E-state index contributed by atoms with van der Waals surface area (Å²) < 4.78 is 10.7. The number of nitrogens with one attached hydrogen (secondary N) is 1. The Morgan fingerprint density at radius 1 is 1.39 bits per heavy atom. The van der Waals surface area contributed by atoms with Gasteiger partial charge < -0.3 is 14.8 Å². The summed E-state index contributed by atoms with van der Waals surface area (Å²) in [6, 6.07) is 8.48. The molecule has 2 rings (SSSR count). The van der Waals surface area contributed by atoms with Crippen LogP contribution in [-0.4, -0.2) is 33.5 Å². The van der Waals surface area contributed by atoms with E-state index in [1.165, 1.54) is 24.1 Å². The standard InChI is InChI=1S/C15H23NO2/c1-17-10-8-14-6-2-3-7-15(14)16-11-13-5-4-9-18-12-13/h2-3,6-7,13,16H,4-5,8-12H2,1H3. The summed E-state index contributed by atoms with van der Waals surface area (Å²) in [6.45, 7) is 3.60. The smallest absolute Gasteiger partial charge is 0.0511 e. The van der Waals surface area contributed by atoms with Crippen molar-refractivity contribution >= 4 is 5.69 Å². The third kappa shape index (κ3) is 4.00. The maximum absolute atomic E-state index is 5.51. The van der Waals surface area contributed by atoms with Crippen LogP contribution in [0.5, 0.6) is 0 Å². The lowest BCUT2D eigenvalue weighted by Crippen LogP contribution is -2.24. The van der Waals surface area contributed by atoms with E-state index < -0.39 is 0 Å². The van der Waals surface area contributed by atoms with Crippen LogP contribution in [0.3, 0.4) is 0 Å². The molecule has 1 aliphatic heterocycles. The molecule has 0 spiro atoms. The first-order chi connectivity index (χ1) is 8.90. The van der Waals surface area contributed by atoms with Gasteiger partial charge in [-0.05, 0) is 36.8 Å². The third-order valence-electron chi connectivity index (χ3n) is 3.43. The number of ether oxygens (including phenoxy) is 2. The quantitative estimate of drug-likeness (QED) is 0.841. The Labute approximate surface area is 109 Å². The summed E-state index contributed by atoms with van der Waals surface area (Å²) in [6.07, 6.45) is 3.42. The lowest BCUT2D eigenvalue weighted by molar-refractivity contribution is 0.0595. The number of rotatable bonds is 6. The zero-order valence-corrected chi connectivity index (χ0v) is 11.2. The van der Waals surface area contributed by atoms with Crippen LogP contribution in [0.15, 0.2) is 24.3 Å². The molecular formula is C15H23NO2. The van der Waals surface area contributed by atoms with Gasteiger partial charge in [-0.2, -0.15) is 0 Å². The van der Waals surface area contributed by atoms with Gasteiger partial charge in [0.1, 0.15) is 0 Å². The number of hydrogen-bond acceptors (Lipinski definition) is 3. The summed E-state index contributed by atoms with van der Waals surface area (Å²) >= 11 is 0. The van der Waals surface area contributed by atoms with Crippen molar-refractivity contribution in [2.75, 3.05) is 38.8 Å². The second-order valence-corrected chi connectivity index (χ2v) is 4.86. The first-order valence-corrected chi connectivity index (χ1v) is 6.78. The Morgan fingerprint density at radius 2 is 2.28 bits per heavy atom. The van der Waals surface area contributed by atoms with Gasteiger partial charge in [0.15, 0.2) is 0 Å². The van der Waals surface area contributed by atoms with E-state index >= 15 is 0 Å². The van der Waals surface area contributed by atoms with Crippen molar-refractivity contribution < 1.29 is 9.47 Å². The number of anilines is 1. The molecule has 1 unspecified atom stereocenters. The molecule has 1 aromatic rings. The predicted octanol–water partition coefficient (Wildman–Crippen LogP) is 2.71. The maximum Gasteiger partial charge on any atom is 0.0511 e. The van der Waals surface area contributed by atoms with Gasteiger partial charge in [-0.3, -0.25) is 0 Å². The van der Waals surface area contributed by atoms with Gasteiger partial charge in [-0.1, -0.05) is 18.2 Å². The third-order valence-corrected chi connectivity index (χ3v) is 3.43. The molecule has 3 heteroatoms. The Kier molecular flexibility index (Phi) is 5.49. The van der Waals surface area contributed by atoms with Gasteiger partial charge in [-0.25, -0.2) is 0 Å². The largest absolute Gasteiger partial charge is 0.384 e. The van der Waals surface area contributed by atoms with E-state index in [2.05, 4.69) is 29.6 Å². The van der Waals surface area contributed by atoms with Gasteiger partial charge in [0.25, 0.3) is 0 Å². The highest BCUT2D eigenvalue weighted by atomic mass is 16.5. The second-order valence-electron chi connectivity index (χ2n) is 4.86. The molecule has 3 nitrogen and oxygen atoms in total. The molecule has 0 bridgehead atoms. The van der Waals surface area contributed by atoms with Crippen molar-refractivity contribution in [3.63, 3.8) is 0 Å². The highest BCUT2D eigenvalue weighted by molar-refractivity contribution is 5.51. The number of hydrogen-bond donors (Lipinski definition) is 1. The molecule has 0 radical (unpaired) electrons. The van der Waals surface area contributed by atoms with E-state index in [0.717, 1.165) is 32.8 Å². The lowest BCUT2D eigenvalue weighted by Gasteiger charge is -2.23. The zero-order chi connectivity index (χ0) is 12.6. The van der Waals surface area contributed by atoms with Crippen LogP contribution in [0.25, 0.3) is 0 Å².